The van der Waals surface area contributed by atoms with Gasteiger partial charge in [0, 0.05) is 19.6 Å². The van der Waals surface area contributed by atoms with Crippen molar-refractivity contribution in [2.45, 2.75) is 45.3 Å². The fourth-order valence-electron chi connectivity index (χ4n) is 2.34. The molecule has 0 aromatic carbocycles. The Bertz CT molecular complexity index is 477. The summed E-state index contributed by atoms with van der Waals surface area (Å²) in [6.07, 6.45) is 2.28. The van der Waals surface area contributed by atoms with Crippen molar-refractivity contribution >= 4 is 23.7 Å². The molecule has 20 heavy (non-hydrogen) atoms. The van der Waals surface area contributed by atoms with E-state index in [9.17, 15) is 4.79 Å². The zero-order valence-electron chi connectivity index (χ0n) is 12.3. The maximum Gasteiger partial charge on any atom is 0.313 e. The maximum atomic E-state index is 10.7. The van der Waals surface area contributed by atoms with Gasteiger partial charge in [0.15, 0.2) is 5.16 Å². The molecule has 1 saturated heterocycles. The highest BCUT2D eigenvalue weighted by molar-refractivity contribution is 7.99. The van der Waals surface area contributed by atoms with Crippen molar-refractivity contribution in [1.29, 1.82) is 0 Å². The molecular weight excluding hydrogens is 276 g/mol. The van der Waals surface area contributed by atoms with Crippen LogP contribution in [-0.2, 0) is 11.3 Å². The van der Waals surface area contributed by atoms with E-state index in [-0.39, 0.29) is 5.75 Å². The number of carboxylic acid groups (broad SMARTS) is 1. The molecule has 1 aliphatic heterocycles. The normalized spacial score (nSPS) is 18.2. The second-order valence-corrected chi connectivity index (χ2v) is 6.80. The van der Waals surface area contributed by atoms with Gasteiger partial charge >= 0.3 is 5.97 Å². The maximum absolute atomic E-state index is 10.7. The molecule has 0 saturated carbocycles. The molecular formula is C13H22N4O2S. The standard InChI is InChI=1S/C13H22N4O2S/c1-4-17-11(14-15-12(17)20-9-10(18)19)16-7-5-13(2,3)6-8-16/h4-9H2,1-3H3,(H,18,19). The zero-order chi connectivity index (χ0) is 14.8. The number of piperidine rings is 1. The highest BCUT2D eigenvalue weighted by Gasteiger charge is 2.28. The van der Waals surface area contributed by atoms with Crippen LogP contribution in [0.1, 0.15) is 33.6 Å². The first-order chi connectivity index (χ1) is 9.43. The van der Waals surface area contributed by atoms with E-state index < -0.39 is 5.97 Å². The summed E-state index contributed by atoms with van der Waals surface area (Å²) in [4.78, 5) is 12.9. The van der Waals surface area contributed by atoms with E-state index in [0.717, 1.165) is 38.4 Å². The van der Waals surface area contributed by atoms with Crippen molar-refractivity contribution in [2.24, 2.45) is 5.41 Å². The van der Waals surface area contributed by atoms with Crippen LogP contribution < -0.4 is 4.90 Å². The Kier molecular flexibility index (Phi) is 4.57. The first-order valence-corrected chi connectivity index (χ1v) is 7.94. The van der Waals surface area contributed by atoms with Crippen LogP contribution in [0, 0.1) is 5.41 Å². The van der Waals surface area contributed by atoms with Crippen LogP contribution >= 0.6 is 11.8 Å². The van der Waals surface area contributed by atoms with Crippen molar-refractivity contribution in [1.82, 2.24) is 14.8 Å². The van der Waals surface area contributed by atoms with Crippen molar-refractivity contribution in [3.8, 4) is 0 Å². The molecule has 0 aliphatic carbocycles. The summed E-state index contributed by atoms with van der Waals surface area (Å²) in [7, 11) is 0. The average Bonchev–Trinajstić information content (AvgIpc) is 2.79. The summed E-state index contributed by atoms with van der Waals surface area (Å²) >= 11 is 1.23. The molecule has 0 amide bonds. The summed E-state index contributed by atoms with van der Waals surface area (Å²) in [6.45, 7) is 9.34. The van der Waals surface area contributed by atoms with Crippen molar-refractivity contribution < 1.29 is 9.90 Å². The van der Waals surface area contributed by atoms with E-state index in [1.807, 2.05) is 11.5 Å². The molecule has 0 radical (unpaired) electrons. The van der Waals surface area contributed by atoms with E-state index >= 15 is 0 Å². The highest BCUT2D eigenvalue weighted by atomic mass is 32.2. The first kappa shape index (κ1) is 15.2. The second-order valence-electron chi connectivity index (χ2n) is 5.86. The lowest BCUT2D eigenvalue weighted by Crippen LogP contribution is -2.38. The smallest absolute Gasteiger partial charge is 0.313 e. The van der Waals surface area contributed by atoms with Crippen LogP contribution in [0.2, 0.25) is 0 Å². The van der Waals surface area contributed by atoms with E-state index in [1.165, 1.54) is 11.8 Å². The summed E-state index contributed by atoms with van der Waals surface area (Å²) in [5.74, 6) is 0.0587. The van der Waals surface area contributed by atoms with Gasteiger partial charge in [0.05, 0.1) is 5.75 Å². The van der Waals surface area contributed by atoms with Crippen LogP contribution in [0.25, 0.3) is 0 Å². The Morgan fingerprint density at radius 1 is 1.35 bits per heavy atom. The average molecular weight is 298 g/mol. The minimum Gasteiger partial charge on any atom is -0.481 e. The van der Waals surface area contributed by atoms with Crippen LogP contribution in [0.3, 0.4) is 0 Å². The van der Waals surface area contributed by atoms with Gasteiger partial charge in [0.2, 0.25) is 5.95 Å². The van der Waals surface area contributed by atoms with Gasteiger partial charge in [-0.05, 0) is 25.2 Å². The molecule has 1 aromatic rings. The Morgan fingerprint density at radius 3 is 2.55 bits per heavy atom. The zero-order valence-corrected chi connectivity index (χ0v) is 13.1. The largest absolute Gasteiger partial charge is 0.481 e. The third-order valence-corrected chi connectivity index (χ3v) is 4.69. The number of hydrogen-bond donors (Lipinski definition) is 1. The molecule has 1 aliphatic rings. The second kappa shape index (κ2) is 6.03. The molecule has 7 heteroatoms. The molecule has 1 aromatic heterocycles. The van der Waals surface area contributed by atoms with Crippen molar-refractivity contribution in [2.75, 3.05) is 23.7 Å². The lowest BCUT2D eigenvalue weighted by atomic mass is 9.83. The SMILES string of the molecule is CCn1c(SCC(=O)O)nnc1N1CCC(C)(C)CC1. The minimum atomic E-state index is -0.832. The molecule has 0 spiro atoms. The predicted octanol–water partition coefficient (Wildman–Crippen LogP) is 2.10. The van der Waals surface area contributed by atoms with Crippen LogP contribution in [-0.4, -0.2) is 44.7 Å². The van der Waals surface area contributed by atoms with Crippen molar-refractivity contribution in [3.63, 3.8) is 0 Å². The molecule has 0 atom stereocenters. The van der Waals surface area contributed by atoms with Gasteiger partial charge in [-0.25, -0.2) is 0 Å². The van der Waals surface area contributed by atoms with E-state index in [2.05, 4.69) is 28.9 Å². The number of thioether (sulfide) groups is 1. The fraction of sp³-hybridized carbons (Fsp3) is 0.769. The molecule has 6 nitrogen and oxygen atoms in total. The number of aliphatic carboxylic acids is 1. The van der Waals surface area contributed by atoms with Gasteiger partial charge < -0.3 is 10.0 Å². The number of hydrogen-bond acceptors (Lipinski definition) is 5. The molecule has 0 bridgehead atoms. The molecule has 0 unspecified atom stereocenters. The topological polar surface area (TPSA) is 71.2 Å². The van der Waals surface area contributed by atoms with E-state index in [4.69, 9.17) is 5.11 Å². The number of anilines is 1. The van der Waals surface area contributed by atoms with Crippen molar-refractivity contribution in [3.05, 3.63) is 0 Å². The summed E-state index contributed by atoms with van der Waals surface area (Å²) in [5, 5.41) is 17.9. The molecule has 2 rings (SSSR count). The van der Waals surface area contributed by atoms with Gasteiger partial charge in [-0.2, -0.15) is 0 Å². The quantitative estimate of drug-likeness (QED) is 0.839. The molecule has 1 N–H and O–H groups in total. The third kappa shape index (κ3) is 3.45. The van der Waals surface area contributed by atoms with Crippen LogP contribution in [0.15, 0.2) is 5.16 Å². The Labute approximate surface area is 123 Å². The summed E-state index contributed by atoms with van der Waals surface area (Å²) in [5.41, 5.74) is 0.397. The Morgan fingerprint density at radius 2 is 2.00 bits per heavy atom. The van der Waals surface area contributed by atoms with Crippen LogP contribution in [0.4, 0.5) is 5.95 Å². The lowest BCUT2D eigenvalue weighted by Gasteiger charge is -2.37. The summed E-state index contributed by atoms with van der Waals surface area (Å²) in [6, 6.07) is 0. The molecule has 1 fully saturated rings. The third-order valence-electron chi connectivity index (χ3n) is 3.74. The van der Waals surface area contributed by atoms with Crippen LogP contribution in [0.5, 0.6) is 0 Å². The predicted molar refractivity (Wildman–Crippen MR) is 79.3 cm³/mol. The van der Waals surface area contributed by atoms with E-state index in [1.54, 1.807) is 0 Å². The Balaban J connectivity index is 2.10. The minimum absolute atomic E-state index is 0.0190. The number of carboxylic acids is 1. The number of carbonyl (C=O) groups is 1. The monoisotopic (exact) mass is 298 g/mol. The Hall–Kier alpha value is -1.24. The fourth-order valence-corrected chi connectivity index (χ4v) is 3.05. The number of aromatic nitrogens is 3. The lowest BCUT2D eigenvalue weighted by molar-refractivity contribution is -0.133. The van der Waals surface area contributed by atoms with E-state index in [0.29, 0.717) is 10.6 Å². The number of rotatable bonds is 5. The van der Waals surface area contributed by atoms with Gasteiger partial charge in [-0.1, -0.05) is 25.6 Å². The summed E-state index contributed by atoms with van der Waals surface area (Å²) < 4.78 is 2.01. The van der Waals surface area contributed by atoms with Gasteiger partial charge in [-0.15, -0.1) is 10.2 Å². The van der Waals surface area contributed by atoms with Gasteiger partial charge in [0.1, 0.15) is 0 Å². The highest BCUT2D eigenvalue weighted by Crippen LogP contribution is 2.32. The van der Waals surface area contributed by atoms with Gasteiger partial charge in [0.25, 0.3) is 0 Å². The molecule has 112 valence electrons. The first-order valence-electron chi connectivity index (χ1n) is 6.96. The number of nitrogens with zero attached hydrogens (tertiary/aromatic N) is 4. The molecule has 2 heterocycles. The van der Waals surface area contributed by atoms with Gasteiger partial charge in [-0.3, -0.25) is 9.36 Å².